The van der Waals surface area contributed by atoms with Gasteiger partial charge in [-0.15, -0.1) is 12.4 Å². The molecular weight excluding hydrogens is 369 g/mol. The molecule has 1 saturated heterocycles. The van der Waals surface area contributed by atoms with Gasteiger partial charge in [-0.3, -0.25) is 9.69 Å². The van der Waals surface area contributed by atoms with Gasteiger partial charge in [-0.25, -0.2) is 0 Å². The zero-order chi connectivity index (χ0) is 18.2. The van der Waals surface area contributed by atoms with Crippen LogP contribution in [-0.4, -0.2) is 60.3 Å². The van der Waals surface area contributed by atoms with E-state index in [0.717, 1.165) is 24.2 Å². The van der Waals surface area contributed by atoms with E-state index in [1.807, 2.05) is 13.8 Å². The van der Waals surface area contributed by atoms with Crippen LogP contribution in [0.3, 0.4) is 0 Å². The van der Waals surface area contributed by atoms with Crippen LogP contribution < -0.4 is 10.6 Å². The Morgan fingerprint density at radius 3 is 2.46 bits per heavy atom. The third-order valence-corrected chi connectivity index (χ3v) is 5.07. The molecule has 2 N–H and O–H groups in total. The quantitative estimate of drug-likeness (QED) is 0.806. The predicted octanol–water partition coefficient (Wildman–Crippen LogP) is 2.43. The third kappa shape index (κ3) is 4.53. The largest absolute Gasteiger partial charge is 0.405 e. The summed E-state index contributed by atoms with van der Waals surface area (Å²) in [7, 11) is 0. The summed E-state index contributed by atoms with van der Waals surface area (Å²) in [6.45, 7) is 5.09. The van der Waals surface area contributed by atoms with Crippen LogP contribution in [0.5, 0.6) is 0 Å². The van der Waals surface area contributed by atoms with Gasteiger partial charge in [0, 0.05) is 50.2 Å². The van der Waals surface area contributed by atoms with Crippen LogP contribution in [0.2, 0.25) is 0 Å². The van der Waals surface area contributed by atoms with E-state index in [1.54, 1.807) is 6.07 Å². The molecule has 1 unspecified atom stereocenters. The molecule has 0 bridgehead atoms. The molecule has 1 aromatic rings. The molecule has 3 rings (SSSR count). The van der Waals surface area contributed by atoms with Crippen LogP contribution in [0.25, 0.3) is 0 Å². The lowest BCUT2D eigenvalue weighted by molar-refractivity contribution is -0.183. The molecule has 2 aliphatic rings. The van der Waals surface area contributed by atoms with Gasteiger partial charge in [0.2, 0.25) is 0 Å². The number of carbonyl (C=O) groups excluding carboxylic acids is 1. The molecule has 9 heteroatoms. The van der Waals surface area contributed by atoms with Crippen LogP contribution in [0.15, 0.2) is 6.07 Å². The Hall–Kier alpha value is -1.25. The molecule has 0 spiro atoms. The standard InChI is InChI=1S/C17H25F3N4O.ClH/c1-11-9-14(12(2)24(11)13-3-4-13)16(25)22-10-15(17(18,19)20)23-7-5-21-6-8-23;/h9,13,15,21H,3-8,10H2,1-2H3,(H,22,25);1H. The highest BCUT2D eigenvalue weighted by Crippen LogP contribution is 2.38. The van der Waals surface area contributed by atoms with Crippen LogP contribution in [0.4, 0.5) is 13.2 Å². The fraction of sp³-hybridized carbons (Fsp3) is 0.706. The summed E-state index contributed by atoms with van der Waals surface area (Å²) in [5.41, 5.74) is 2.30. The molecule has 148 valence electrons. The molecule has 1 aliphatic heterocycles. The van der Waals surface area contributed by atoms with Crippen molar-refractivity contribution in [2.45, 2.75) is 44.9 Å². The van der Waals surface area contributed by atoms with E-state index in [4.69, 9.17) is 0 Å². The number of piperazine rings is 1. The third-order valence-electron chi connectivity index (χ3n) is 5.07. The minimum absolute atomic E-state index is 0. The molecule has 0 aromatic carbocycles. The van der Waals surface area contributed by atoms with Gasteiger partial charge in [0.25, 0.3) is 5.91 Å². The van der Waals surface area contributed by atoms with Crippen molar-refractivity contribution in [3.63, 3.8) is 0 Å². The summed E-state index contributed by atoms with van der Waals surface area (Å²) in [5, 5.41) is 5.55. The molecule has 1 aliphatic carbocycles. The van der Waals surface area contributed by atoms with E-state index >= 15 is 0 Å². The fourth-order valence-corrected chi connectivity index (χ4v) is 3.63. The first-order valence-electron chi connectivity index (χ1n) is 8.77. The number of nitrogens with zero attached hydrogens (tertiary/aromatic N) is 2. The molecule has 1 amide bonds. The minimum Gasteiger partial charge on any atom is -0.350 e. The molecule has 0 radical (unpaired) electrons. The number of alkyl halides is 3. The Morgan fingerprint density at radius 1 is 1.31 bits per heavy atom. The first kappa shape index (κ1) is 21.1. The van der Waals surface area contributed by atoms with Gasteiger partial charge in [0.15, 0.2) is 0 Å². The Kier molecular flexibility index (Phi) is 6.63. The van der Waals surface area contributed by atoms with E-state index in [1.165, 1.54) is 4.90 Å². The lowest BCUT2D eigenvalue weighted by Gasteiger charge is -2.35. The van der Waals surface area contributed by atoms with E-state index in [-0.39, 0.29) is 12.4 Å². The molecule has 1 aromatic heterocycles. The summed E-state index contributed by atoms with van der Waals surface area (Å²) >= 11 is 0. The van der Waals surface area contributed by atoms with Gasteiger partial charge in [-0.05, 0) is 32.8 Å². The van der Waals surface area contributed by atoms with Crippen LogP contribution in [-0.2, 0) is 0 Å². The first-order chi connectivity index (χ1) is 11.8. The molecule has 1 atom stereocenters. The topological polar surface area (TPSA) is 49.3 Å². The lowest BCUT2D eigenvalue weighted by atomic mass is 10.2. The van der Waals surface area contributed by atoms with Crippen molar-refractivity contribution < 1.29 is 18.0 Å². The SMILES string of the molecule is Cc1cc(C(=O)NCC(N2CCNCC2)C(F)(F)F)c(C)n1C1CC1.Cl. The van der Waals surface area contributed by atoms with Gasteiger partial charge in [0.1, 0.15) is 6.04 Å². The molecular formula is C17H26ClF3N4O. The zero-order valence-electron chi connectivity index (χ0n) is 15.0. The second kappa shape index (κ2) is 8.19. The Bertz CT molecular complexity index is 637. The summed E-state index contributed by atoms with van der Waals surface area (Å²) in [6, 6.07) is 0.562. The van der Waals surface area contributed by atoms with Crippen molar-refractivity contribution in [3.05, 3.63) is 23.0 Å². The van der Waals surface area contributed by atoms with Crippen LogP contribution in [0, 0.1) is 13.8 Å². The number of aromatic nitrogens is 1. The number of nitrogens with one attached hydrogen (secondary N) is 2. The summed E-state index contributed by atoms with van der Waals surface area (Å²) in [5.74, 6) is -0.426. The molecule has 2 heterocycles. The molecule has 1 saturated carbocycles. The predicted molar refractivity (Wildman–Crippen MR) is 96.0 cm³/mol. The van der Waals surface area contributed by atoms with Crippen molar-refractivity contribution in [1.29, 1.82) is 0 Å². The second-order valence-corrected chi connectivity index (χ2v) is 6.94. The number of hydrogen-bond acceptors (Lipinski definition) is 3. The number of hydrogen-bond donors (Lipinski definition) is 2. The Labute approximate surface area is 157 Å². The highest BCUT2D eigenvalue weighted by atomic mass is 35.5. The number of carbonyl (C=O) groups is 1. The monoisotopic (exact) mass is 394 g/mol. The fourth-order valence-electron chi connectivity index (χ4n) is 3.63. The first-order valence-corrected chi connectivity index (χ1v) is 8.77. The van der Waals surface area contributed by atoms with Crippen molar-refractivity contribution >= 4 is 18.3 Å². The van der Waals surface area contributed by atoms with Gasteiger partial charge in [-0.1, -0.05) is 0 Å². The molecule has 26 heavy (non-hydrogen) atoms. The van der Waals surface area contributed by atoms with E-state index in [9.17, 15) is 18.0 Å². The summed E-state index contributed by atoms with van der Waals surface area (Å²) in [4.78, 5) is 13.9. The van der Waals surface area contributed by atoms with Crippen molar-refractivity contribution in [3.8, 4) is 0 Å². The van der Waals surface area contributed by atoms with Gasteiger partial charge in [0.05, 0.1) is 5.56 Å². The van der Waals surface area contributed by atoms with E-state index < -0.39 is 24.7 Å². The summed E-state index contributed by atoms with van der Waals surface area (Å²) in [6.07, 6.45) is -2.18. The van der Waals surface area contributed by atoms with E-state index in [0.29, 0.717) is 37.8 Å². The van der Waals surface area contributed by atoms with Gasteiger partial charge >= 0.3 is 6.18 Å². The average molecular weight is 395 g/mol. The van der Waals surface area contributed by atoms with E-state index in [2.05, 4.69) is 15.2 Å². The number of halogens is 4. The van der Waals surface area contributed by atoms with Crippen molar-refractivity contribution in [2.75, 3.05) is 32.7 Å². The average Bonchev–Trinajstić information content (AvgIpc) is 3.32. The van der Waals surface area contributed by atoms with Gasteiger partial charge in [-0.2, -0.15) is 13.2 Å². The summed E-state index contributed by atoms with van der Waals surface area (Å²) < 4.78 is 42.3. The smallest absolute Gasteiger partial charge is 0.350 e. The Morgan fingerprint density at radius 2 is 1.92 bits per heavy atom. The maximum Gasteiger partial charge on any atom is 0.405 e. The van der Waals surface area contributed by atoms with Crippen molar-refractivity contribution in [1.82, 2.24) is 20.1 Å². The molecule has 2 fully saturated rings. The highest BCUT2D eigenvalue weighted by molar-refractivity contribution is 5.95. The normalized spacial score (nSPS) is 19.7. The lowest BCUT2D eigenvalue weighted by Crippen LogP contribution is -2.57. The minimum atomic E-state index is -4.37. The van der Waals surface area contributed by atoms with Crippen molar-refractivity contribution in [2.24, 2.45) is 0 Å². The number of rotatable bonds is 5. The highest BCUT2D eigenvalue weighted by Gasteiger charge is 2.44. The maximum atomic E-state index is 13.4. The second-order valence-electron chi connectivity index (χ2n) is 6.94. The number of amides is 1. The Balaban J connectivity index is 0.00000243. The van der Waals surface area contributed by atoms with Crippen LogP contribution >= 0.6 is 12.4 Å². The number of aryl methyl sites for hydroxylation is 1. The van der Waals surface area contributed by atoms with Gasteiger partial charge < -0.3 is 15.2 Å². The van der Waals surface area contributed by atoms with Crippen LogP contribution in [0.1, 0.15) is 40.6 Å². The zero-order valence-corrected chi connectivity index (χ0v) is 15.8. The maximum absolute atomic E-state index is 13.4. The molecule has 5 nitrogen and oxygen atoms in total.